The van der Waals surface area contributed by atoms with Crippen molar-refractivity contribution in [3.05, 3.63) is 46.8 Å². The van der Waals surface area contributed by atoms with E-state index in [2.05, 4.69) is 15.5 Å². The van der Waals surface area contributed by atoms with Crippen LogP contribution in [0.15, 0.2) is 24.3 Å². The number of nitrogens with one attached hydrogen (secondary N) is 2. The largest absolute Gasteiger partial charge is 0.352 e. The second kappa shape index (κ2) is 7.51. The fourth-order valence-corrected chi connectivity index (χ4v) is 3.01. The molecule has 25 heavy (non-hydrogen) atoms. The lowest BCUT2D eigenvalue weighted by Gasteiger charge is -2.16. The van der Waals surface area contributed by atoms with Gasteiger partial charge in [0.25, 0.3) is 0 Å². The molecule has 132 valence electrons. The Bertz CT molecular complexity index is 764. The van der Waals surface area contributed by atoms with E-state index in [4.69, 9.17) is 0 Å². The first-order valence-electron chi connectivity index (χ1n) is 8.71. The van der Waals surface area contributed by atoms with Crippen molar-refractivity contribution in [3.8, 4) is 0 Å². The fraction of sp³-hybridized carbons (Fsp3) is 0.421. The second-order valence-electron chi connectivity index (χ2n) is 6.51. The predicted molar refractivity (Wildman–Crippen MR) is 96.3 cm³/mol. The van der Waals surface area contributed by atoms with Crippen LogP contribution >= 0.6 is 0 Å². The Kier molecular flexibility index (Phi) is 5.16. The number of carbonyl (C=O) groups excluding carboxylic acids is 2. The summed E-state index contributed by atoms with van der Waals surface area (Å²) in [6.45, 7) is 5.27. The van der Waals surface area contributed by atoms with Crippen LogP contribution in [-0.2, 0) is 22.6 Å². The molecule has 0 saturated carbocycles. The Morgan fingerprint density at radius 2 is 2.04 bits per heavy atom. The molecule has 0 spiro atoms. The van der Waals surface area contributed by atoms with Crippen LogP contribution in [0.5, 0.6) is 0 Å². The SMILES string of the molecule is Cc1[nH]nc(CCC(=O)NCc2ccc(N3CCCC3=O)cc2)c1C. The van der Waals surface area contributed by atoms with Crippen molar-refractivity contribution >= 4 is 17.5 Å². The zero-order chi connectivity index (χ0) is 17.8. The van der Waals surface area contributed by atoms with E-state index in [9.17, 15) is 9.59 Å². The average Bonchev–Trinajstić information content (AvgIpc) is 3.18. The van der Waals surface area contributed by atoms with Gasteiger partial charge in [-0.2, -0.15) is 5.10 Å². The van der Waals surface area contributed by atoms with Crippen molar-refractivity contribution in [1.29, 1.82) is 0 Å². The number of aromatic nitrogens is 2. The van der Waals surface area contributed by atoms with Crippen molar-refractivity contribution < 1.29 is 9.59 Å². The minimum absolute atomic E-state index is 0.0128. The molecule has 2 amide bonds. The van der Waals surface area contributed by atoms with Gasteiger partial charge in [-0.25, -0.2) is 0 Å². The average molecular weight is 340 g/mol. The second-order valence-corrected chi connectivity index (χ2v) is 6.51. The van der Waals surface area contributed by atoms with Gasteiger partial charge in [0.15, 0.2) is 0 Å². The summed E-state index contributed by atoms with van der Waals surface area (Å²) in [6, 6.07) is 7.81. The number of H-pyrrole nitrogens is 1. The third-order valence-electron chi connectivity index (χ3n) is 4.75. The zero-order valence-corrected chi connectivity index (χ0v) is 14.8. The van der Waals surface area contributed by atoms with Gasteiger partial charge in [0.05, 0.1) is 5.69 Å². The Morgan fingerprint density at radius 1 is 1.28 bits per heavy atom. The van der Waals surface area contributed by atoms with E-state index >= 15 is 0 Å². The summed E-state index contributed by atoms with van der Waals surface area (Å²) in [4.78, 5) is 25.6. The van der Waals surface area contributed by atoms with E-state index in [1.807, 2.05) is 43.0 Å². The van der Waals surface area contributed by atoms with Gasteiger partial charge in [-0.3, -0.25) is 14.7 Å². The van der Waals surface area contributed by atoms with E-state index < -0.39 is 0 Å². The highest BCUT2D eigenvalue weighted by molar-refractivity contribution is 5.95. The molecule has 6 heteroatoms. The maximum atomic E-state index is 12.0. The summed E-state index contributed by atoms with van der Waals surface area (Å²) in [6.07, 6.45) is 2.61. The Labute approximate surface area is 147 Å². The van der Waals surface area contributed by atoms with Crippen LogP contribution in [0.4, 0.5) is 5.69 Å². The molecule has 2 N–H and O–H groups in total. The first kappa shape index (κ1) is 17.2. The molecule has 0 aliphatic carbocycles. The molecule has 0 unspecified atom stereocenters. The predicted octanol–water partition coefficient (Wildman–Crippen LogP) is 2.40. The molecule has 6 nitrogen and oxygen atoms in total. The first-order valence-corrected chi connectivity index (χ1v) is 8.71. The number of amides is 2. The van der Waals surface area contributed by atoms with Gasteiger partial charge in [0, 0.05) is 43.7 Å². The number of benzene rings is 1. The molecule has 2 aromatic rings. The van der Waals surface area contributed by atoms with Gasteiger partial charge in [0.1, 0.15) is 0 Å². The van der Waals surface area contributed by atoms with Crippen LogP contribution in [0.25, 0.3) is 0 Å². The Balaban J connectivity index is 1.47. The summed E-state index contributed by atoms with van der Waals surface area (Å²) >= 11 is 0. The number of anilines is 1. The number of aryl methyl sites for hydroxylation is 2. The zero-order valence-electron chi connectivity index (χ0n) is 14.8. The summed E-state index contributed by atoms with van der Waals surface area (Å²) in [5.74, 6) is 0.198. The number of hydrogen-bond donors (Lipinski definition) is 2. The quantitative estimate of drug-likeness (QED) is 0.847. The monoisotopic (exact) mass is 340 g/mol. The van der Waals surface area contributed by atoms with Crippen molar-refractivity contribution in [2.24, 2.45) is 0 Å². The Hall–Kier alpha value is -2.63. The Morgan fingerprint density at radius 3 is 2.64 bits per heavy atom. The first-order chi connectivity index (χ1) is 12.0. The highest BCUT2D eigenvalue weighted by Crippen LogP contribution is 2.21. The lowest BCUT2D eigenvalue weighted by atomic mass is 10.1. The molecule has 1 fully saturated rings. The van der Waals surface area contributed by atoms with Crippen molar-refractivity contribution in [2.75, 3.05) is 11.4 Å². The lowest BCUT2D eigenvalue weighted by molar-refractivity contribution is -0.121. The molecule has 0 bridgehead atoms. The van der Waals surface area contributed by atoms with Gasteiger partial charge in [-0.05, 0) is 43.5 Å². The number of aromatic amines is 1. The fourth-order valence-electron chi connectivity index (χ4n) is 3.01. The third kappa shape index (κ3) is 4.07. The van der Waals surface area contributed by atoms with Crippen LogP contribution in [0.3, 0.4) is 0 Å². The topological polar surface area (TPSA) is 78.1 Å². The van der Waals surface area contributed by atoms with E-state index in [0.717, 1.165) is 41.2 Å². The molecular weight excluding hydrogens is 316 g/mol. The van der Waals surface area contributed by atoms with Crippen LogP contribution < -0.4 is 10.2 Å². The van der Waals surface area contributed by atoms with E-state index in [-0.39, 0.29) is 11.8 Å². The molecule has 0 radical (unpaired) electrons. The van der Waals surface area contributed by atoms with Crippen molar-refractivity contribution in [2.45, 2.75) is 46.1 Å². The highest BCUT2D eigenvalue weighted by Gasteiger charge is 2.21. The van der Waals surface area contributed by atoms with Gasteiger partial charge in [0.2, 0.25) is 11.8 Å². The number of rotatable bonds is 6. The van der Waals surface area contributed by atoms with Gasteiger partial charge in [-0.15, -0.1) is 0 Å². The maximum Gasteiger partial charge on any atom is 0.227 e. The minimum Gasteiger partial charge on any atom is -0.352 e. The standard InChI is InChI=1S/C19H24N4O2/c1-13-14(2)21-22-17(13)9-10-18(24)20-12-15-5-7-16(8-6-15)23-11-3-4-19(23)25/h5-8H,3-4,9-12H2,1-2H3,(H,20,24)(H,21,22). The molecule has 3 rings (SSSR count). The lowest BCUT2D eigenvalue weighted by Crippen LogP contribution is -2.24. The van der Waals surface area contributed by atoms with Crippen LogP contribution in [0.1, 0.15) is 41.8 Å². The van der Waals surface area contributed by atoms with Crippen LogP contribution in [0, 0.1) is 13.8 Å². The normalized spacial score (nSPS) is 14.2. The molecule has 2 heterocycles. The van der Waals surface area contributed by atoms with E-state index in [0.29, 0.717) is 25.8 Å². The molecule has 1 saturated heterocycles. The van der Waals surface area contributed by atoms with Crippen molar-refractivity contribution in [3.63, 3.8) is 0 Å². The van der Waals surface area contributed by atoms with Crippen LogP contribution in [-0.4, -0.2) is 28.6 Å². The summed E-state index contributed by atoms with van der Waals surface area (Å²) in [7, 11) is 0. The van der Waals surface area contributed by atoms with Gasteiger partial charge in [-0.1, -0.05) is 12.1 Å². The summed E-state index contributed by atoms with van der Waals surface area (Å²) in [5.41, 5.74) is 5.08. The molecule has 1 aromatic carbocycles. The minimum atomic E-state index is 0.0128. The van der Waals surface area contributed by atoms with Gasteiger partial charge < -0.3 is 10.2 Å². The molecular formula is C19H24N4O2. The number of carbonyl (C=O) groups is 2. The van der Waals surface area contributed by atoms with Crippen molar-refractivity contribution in [1.82, 2.24) is 15.5 Å². The number of nitrogens with zero attached hydrogens (tertiary/aromatic N) is 2. The maximum absolute atomic E-state index is 12.0. The molecule has 0 atom stereocenters. The van der Waals surface area contributed by atoms with E-state index in [1.54, 1.807) is 0 Å². The van der Waals surface area contributed by atoms with Gasteiger partial charge >= 0.3 is 0 Å². The number of hydrogen-bond acceptors (Lipinski definition) is 3. The van der Waals surface area contributed by atoms with Crippen LogP contribution in [0.2, 0.25) is 0 Å². The summed E-state index contributed by atoms with van der Waals surface area (Å²) in [5, 5.41) is 10.1. The molecule has 1 aliphatic rings. The summed E-state index contributed by atoms with van der Waals surface area (Å²) < 4.78 is 0. The highest BCUT2D eigenvalue weighted by atomic mass is 16.2. The third-order valence-corrected chi connectivity index (χ3v) is 4.75. The molecule has 1 aliphatic heterocycles. The van der Waals surface area contributed by atoms with E-state index in [1.165, 1.54) is 0 Å². The molecule has 1 aromatic heterocycles. The smallest absolute Gasteiger partial charge is 0.227 e.